The number of carbonyl (C=O) groups excluding carboxylic acids is 1. The molecule has 2 N–H and O–H groups in total. The Bertz CT molecular complexity index is 1540. The summed E-state index contributed by atoms with van der Waals surface area (Å²) in [6.07, 6.45) is 1.58. The number of nitrogens with zero attached hydrogens (tertiary/aromatic N) is 5. The molecule has 0 spiro atoms. The molecule has 5 aromatic rings. The van der Waals surface area contributed by atoms with Crippen molar-refractivity contribution < 1.29 is 27.9 Å². The maximum Gasteiger partial charge on any atom is 0.295 e. The lowest BCUT2D eigenvalue weighted by Crippen LogP contribution is -2.26. The number of aromatic nitrogens is 5. The first-order chi connectivity index (χ1) is 18.5. The van der Waals surface area contributed by atoms with Gasteiger partial charge in [0, 0.05) is 18.1 Å². The van der Waals surface area contributed by atoms with Crippen molar-refractivity contribution in [2.45, 2.75) is 19.2 Å². The number of phenols is 1. The van der Waals surface area contributed by atoms with Gasteiger partial charge in [0.1, 0.15) is 29.2 Å². The molecule has 0 aliphatic carbocycles. The number of carbonyl (C=O) groups is 1. The van der Waals surface area contributed by atoms with Crippen molar-refractivity contribution in [3.63, 3.8) is 0 Å². The molecule has 0 bridgehead atoms. The third-order valence-electron chi connectivity index (χ3n) is 5.61. The van der Waals surface area contributed by atoms with Crippen molar-refractivity contribution in [3.05, 3.63) is 95.9 Å². The van der Waals surface area contributed by atoms with E-state index in [-0.39, 0.29) is 42.5 Å². The number of aromatic hydroxyl groups is 1. The highest BCUT2D eigenvalue weighted by atomic mass is 19.1. The molecule has 0 saturated carbocycles. The molecule has 0 unspecified atom stereocenters. The molecule has 5 rings (SSSR count). The zero-order valence-electron chi connectivity index (χ0n) is 19.7. The van der Waals surface area contributed by atoms with Gasteiger partial charge in [0.15, 0.2) is 23.7 Å². The fourth-order valence-corrected chi connectivity index (χ4v) is 3.78. The van der Waals surface area contributed by atoms with Crippen molar-refractivity contribution in [1.82, 2.24) is 24.9 Å². The van der Waals surface area contributed by atoms with Crippen LogP contribution in [0.3, 0.4) is 0 Å². The van der Waals surface area contributed by atoms with E-state index in [4.69, 9.17) is 9.26 Å². The average molecular weight is 518 g/mol. The number of hydrogen-bond acceptors (Lipinski definition) is 9. The van der Waals surface area contributed by atoms with Crippen molar-refractivity contribution in [2.24, 2.45) is 0 Å². The average Bonchev–Trinajstić information content (AvgIpc) is 3.59. The number of rotatable bonds is 10. The molecule has 0 aliphatic rings. The number of phenolic OH excluding ortho intramolecular Hbond substituents is 1. The molecule has 10 nitrogen and oxygen atoms in total. The van der Waals surface area contributed by atoms with Crippen LogP contribution < -0.4 is 5.32 Å². The van der Waals surface area contributed by atoms with Gasteiger partial charge in [0.25, 0.3) is 6.47 Å². The van der Waals surface area contributed by atoms with E-state index in [1.165, 1.54) is 29.1 Å². The molecule has 3 aromatic heterocycles. The van der Waals surface area contributed by atoms with Gasteiger partial charge in [-0.25, -0.2) is 18.7 Å². The van der Waals surface area contributed by atoms with E-state index in [1.807, 2.05) is 0 Å². The predicted octanol–water partition coefficient (Wildman–Crippen LogP) is 4.18. The highest BCUT2D eigenvalue weighted by Gasteiger charge is 2.20. The maximum atomic E-state index is 14.7. The summed E-state index contributed by atoms with van der Waals surface area (Å²) in [6.45, 7) is 0.329. The van der Waals surface area contributed by atoms with Crippen molar-refractivity contribution >= 4 is 12.3 Å². The fourth-order valence-electron chi connectivity index (χ4n) is 3.78. The van der Waals surface area contributed by atoms with Crippen LogP contribution in [-0.4, -0.2) is 42.7 Å². The van der Waals surface area contributed by atoms with Crippen LogP contribution in [0, 0.1) is 11.6 Å². The monoisotopic (exact) mass is 518 g/mol. The minimum atomic E-state index is -0.960. The number of ether oxygens (including phenoxy) is 1. The Hall–Kier alpha value is -5.13. The standard InChI is InChI=1S/C26H20F2N6O4/c27-19-4-2-1-3-17(19)14-34-23(21-9-10-38-33-21)12-22(32-34)26-29-13-20(28)25(31-26)30-24(37-15-35)11-16-5-7-18(36)8-6-16/h1-10,12-13,15,24,36H,11,14H2,(H,29,30,31)/t24-/m0/s1. The molecule has 0 saturated heterocycles. The lowest BCUT2D eigenvalue weighted by molar-refractivity contribution is -0.132. The van der Waals surface area contributed by atoms with Gasteiger partial charge in [-0.05, 0) is 29.8 Å². The third-order valence-corrected chi connectivity index (χ3v) is 5.61. The first-order valence-electron chi connectivity index (χ1n) is 11.4. The lowest BCUT2D eigenvalue weighted by Gasteiger charge is -2.18. The Morgan fingerprint density at radius 3 is 2.63 bits per heavy atom. The quantitative estimate of drug-likeness (QED) is 0.207. The summed E-state index contributed by atoms with van der Waals surface area (Å²) >= 11 is 0. The second-order valence-electron chi connectivity index (χ2n) is 8.17. The molecular formula is C26H20F2N6O4. The molecule has 0 amide bonds. The second-order valence-corrected chi connectivity index (χ2v) is 8.17. The Morgan fingerprint density at radius 1 is 1.08 bits per heavy atom. The van der Waals surface area contributed by atoms with E-state index < -0.39 is 17.9 Å². The van der Waals surface area contributed by atoms with Crippen LogP contribution in [-0.2, 0) is 22.5 Å². The molecule has 12 heteroatoms. The predicted molar refractivity (Wildman–Crippen MR) is 131 cm³/mol. The molecular weight excluding hydrogens is 498 g/mol. The fraction of sp³-hybridized carbons (Fsp3) is 0.115. The van der Waals surface area contributed by atoms with Crippen molar-refractivity contribution in [1.29, 1.82) is 0 Å². The number of nitrogens with one attached hydrogen (secondary N) is 1. The summed E-state index contributed by atoms with van der Waals surface area (Å²) in [5, 5.41) is 20.7. The summed E-state index contributed by atoms with van der Waals surface area (Å²) in [6, 6.07) is 15.8. The Labute approximate surface area is 214 Å². The zero-order valence-corrected chi connectivity index (χ0v) is 19.7. The Morgan fingerprint density at radius 2 is 1.89 bits per heavy atom. The molecule has 0 radical (unpaired) electrons. The van der Waals surface area contributed by atoms with Crippen LogP contribution >= 0.6 is 0 Å². The van der Waals surface area contributed by atoms with E-state index in [0.29, 0.717) is 17.0 Å². The summed E-state index contributed by atoms with van der Waals surface area (Å²) < 4.78 is 40.6. The highest BCUT2D eigenvalue weighted by Crippen LogP contribution is 2.26. The highest BCUT2D eigenvalue weighted by molar-refractivity contribution is 5.63. The number of anilines is 1. The van der Waals surface area contributed by atoms with Crippen LogP contribution in [0.15, 0.2) is 77.6 Å². The van der Waals surface area contributed by atoms with E-state index in [0.717, 1.165) is 11.8 Å². The smallest absolute Gasteiger partial charge is 0.295 e. The Balaban J connectivity index is 1.45. The van der Waals surface area contributed by atoms with E-state index in [1.54, 1.807) is 42.5 Å². The largest absolute Gasteiger partial charge is 0.508 e. The molecule has 1 atom stereocenters. The second kappa shape index (κ2) is 10.9. The molecule has 3 heterocycles. The number of hydrogen-bond donors (Lipinski definition) is 2. The van der Waals surface area contributed by atoms with Crippen LogP contribution in [0.1, 0.15) is 11.1 Å². The molecule has 38 heavy (non-hydrogen) atoms. The van der Waals surface area contributed by atoms with Gasteiger partial charge in [0.2, 0.25) is 0 Å². The van der Waals surface area contributed by atoms with Crippen LogP contribution in [0.25, 0.3) is 22.9 Å². The van der Waals surface area contributed by atoms with Crippen LogP contribution in [0.4, 0.5) is 14.6 Å². The van der Waals surface area contributed by atoms with Gasteiger partial charge < -0.3 is 19.7 Å². The topological polar surface area (TPSA) is 128 Å². The van der Waals surface area contributed by atoms with Crippen LogP contribution in [0.5, 0.6) is 5.75 Å². The molecule has 0 fully saturated rings. The summed E-state index contributed by atoms with van der Waals surface area (Å²) in [5.41, 5.74) is 2.36. The van der Waals surface area contributed by atoms with Gasteiger partial charge in [0.05, 0.1) is 18.4 Å². The SMILES string of the molecule is O=CO[C@@H](Cc1ccc(O)cc1)Nc1nc(-c2cc(-c3ccon3)n(Cc3ccccc3F)n2)ncc1F. The maximum absolute atomic E-state index is 14.7. The van der Waals surface area contributed by atoms with E-state index >= 15 is 0 Å². The lowest BCUT2D eigenvalue weighted by atomic mass is 10.1. The number of benzene rings is 2. The van der Waals surface area contributed by atoms with E-state index in [9.17, 15) is 18.7 Å². The molecule has 2 aromatic carbocycles. The van der Waals surface area contributed by atoms with Crippen molar-refractivity contribution in [3.8, 4) is 28.7 Å². The normalized spacial score (nSPS) is 11.7. The van der Waals surface area contributed by atoms with E-state index in [2.05, 4.69) is 25.5 Å². The Kier molecular flexibility index (Phi) is 7.02. The molecule has 192 valence electrons. The first kappa shape index (κ1) is 24.6. The minimum Gasteiger partial charge on any atom is -0.508 e. The first-order valence-corrected chi connectivity index (χ1v) is 11.4. The third kappa shape index (κ3) is 5.48. The minimum absolute atomic E-state index is 0.0698. The van der Waals surface area contributed by atoms with Gasteiger partial charge in [-0.15, -0.1) is 0 Å². The van der Waals surface area contributed by atoms with Crippen LogP contribution in [0.2, 0.25) is 0 Å². The summed E-state index contributed by atoms with van der Waals surface area (Å²) in [5.74, 6) is -1.23. The van der Waals surface area contributed by atoms with Gasteiger partial charge in [-0.3, -0.25) is 9.48 Å². The zero-order chi connectivity index (χ0) is 26.5. The molecule has 0 aliphatic heterocycles. The summed E-state index contributed by atoms with van der Waals surface area (Å²) in [4.78, 5) is 19.4. The van der Waals surface area contributed by atoms with Gasteiger partial charge in [-0.2, -0.15) is 5.10 Å². The number of halogens is 2. The summed E-state index contributed by atoms with van der Waals surface area (Å²) in [7, 11) is 0. The van der Waals surface area contributed by atoms with Gasteiger partial charge in [-0.1, -0.05) is 35.5 Å². The van der Waals surface area contributed by atoms with Gasteiger partial charge >= 0.3 is 0 Å². The van der Waals surface area contributed by atoms with Crippen molar-refractivity contribution in [2.75, 3.05) is 5.32 Å².